The average molecular weight is 648 g/mol. The first-order valence-electron chi connectivity index (χ1n) is 16.2. The summed E-state index contributed by atoms with van der Waals surface area (Å²) in [5.74, 6) is -0.461. The zero-order chi connectivity index (χ0) is 32.7. The normalized spacial score (nSPS) is 14.8. The second-order valence-corrected chi connectivity index (χ2v) is 35.8. The van der Waals surface area contributed by atoms with Crippen molar-refractivity contribution in [2.24, 2.45) is 0 Å². The van der Waals surface area contributed by atoms with E-state index in [-0.39, 0.29) is 51.6 Å². The maximum absolute atomic E-state index is 14.5. The molecule has 6 nitrogen and oxygen atoms in total. The Balaban J connectivity index is 6.75. The number of rotatable bonds is 18. The lowest BCUT2D eigenvalue weighted by atomic mass is 10.2. The van der Waals surface area contributed by atoms with Crippen molar-refractivity contribution in [2.75, 3.05) is 13.7 Å². The van der Waals surface area contributed by atoms with E-state index in [0.717, 1.165) is 19.0 Å². The quantitative estimate of drug-likeness (QED) is 0.138. The molecule has 0 bridgehead atoms. The van der Waals surface area contributed by atoms with Crippen LogP contribution in [0.3, 0.4) is 0 Å². The second kappa shape index (κ2) is 16.2. The minimum Gasteiger partial charge on any atom is -0.518 e. The van der Waals surface area contributed by atoms with Crippen LogP contribution in [0.4, 0.5) is 0 Å². The molecule has 0 saturated carbocycles. The molecule has 0 spiro atoms. The molecule has 41 heavy (non-hydrogen) atoms. The molecule has 0 heterocycles. The minimum absolute atomic E-state index is 0.0495. The lowest BCUT2D eigenvalue weighted by Gasteiger charge is -2.45. The van der Waals surface area contributed by atoms with Crippen LogP contribution >= 0.6 is 0 Å². The topological polar surface area (TPSA) is 65.1 Å². The zero-order valence-electron chi connectivity index (χ0n) is 30.4. The third-order valence-corrected chi connectivity index (χ3v) is 26.5. The van der Waals surface area contributed by atoms with Crippen LogP contribution in [0.2, 0.25) is 72.0 Å². The summed E-state index contributed by atoms with van der Waals surface area (Å²) in [6.45, 7) is 38.4. The van der Waals surface area contributed by atoms with Gasteiger partial charge in [-0.2, -0.15) is 0 Å². The molecule has 10 heteroatoms. The molecular formula is C31H69NO5Si4. The highest BCUT2D eigenvalue weighted by molar-refractivity contribution is 6.79. The van der Waals surface area contributed by atoms with Crippen molar-refractivity contribution in [1.29, 1.82) is 0 Å². The van der Waals surface area contributed by atoms with E-state index in [4.69, 9.17) is 13.3 Å². The minimum atomic E-state index is -2.49. The molecule has 0 amide bonds. The van der Waals surface area contributed by atoms with Crippen molar-refractivity contribution >= 4 is 45.1 Å². The molecule has 0 aromatic carbocycles. The lowest BCUT2D eigenvalue weighted by Crippen LogP contribution is -2.60. The molecule has 0 rings (SSSR count). The van der Waals surface area contributed by atoms with Gasteiger partial charge >= 0.3 is 5.97 Å². The fraction of sp³-hybridized carbons (Fsp3) is 0.935. The molecule has 1 unspecified atom stereocenters. The van der Waals surface area contributed by atoms with Crippen LogP contribution in [0.5, 0.6) is 0 Å². The summed E-state index contributed by atoms with van der Waals surface area (Å²) in [6.07, 6.45) is 0.980. The van der Waals surface area contributed by atoms with Crippen molar-refractivity contribution in [2.45, 2.75) is 174 Å². The Morgan fingerprint density at radius 3 is 1.32 bits per heavy atom. The van der Waals surface area contributed by atoms with Crippen LogP contribution in [-0.2, 0) is 22.9 Å². The zero-order valence-corrected chi connectivity index (χ0v) is 34.4. The van der Waals surface area contributed by atoms with Crippen LogP contribution < -0.4 is 0 Å². The Labute approximate surface area is 259 Å². The molecule has 1 atom stereocenters. The van der Waals surface area contributed by atoms with Gasteiger partial charge in [-0.05, 0) is 65.4 Å². The van der Waals surface area contributed by atoms with E-state index in [2.05, 4.69) is 120 Å². The monoisotopic (exact) mass is 647 g/mol. The highest BCUT2D eigenvalue weighted by Gasteiger charge is 2.52. The van der Waals surface area contributed by atoms with Crippen LogP contribution in [-0.4, -0.2) is 69.4 Å². The number of nitrogens with zero attached hydrogens (tertiary/aromatic N) is 1. The molecule has 0 aliphatic carbocycles. The van der Waals surface area contributed by atoms with Gasteiger partial charge in [0.15, 0.2) is 8.32 Å². The Morgan fingerprint density at radius 2 is 1.00 bits per heavy atom. The number of hydrogen-bond donors (Lipinski definition) is 0. The van der Waals surface area contributed by atoms with E-state index >= 15 is 0 Å². The van der Waals surface area contributed by atoms with E-state index in [1.165, 1.54) is 0 Å². The van der Waals surface area contributed by atoms with Crippen molar-refractivity contribution in [3.05, 3.63) is 0 Å². The summed E-state index contributed by atoms with van der Waals surface area (Å²) in [4.78, 5) is 28.4. The number of hydrogen-bond acceptors (Lipinski definition) is 6. The molecule has 0 saturated heterocycles. The van der Waals surface area contributed by atoms with E-state index in [1.807, 2.05) is 0 Å². The smallest absolute Gasteiger partial charge is 0.310 e. The fourth-order valence-electron chi connectivity index (χ4n) is 7.40. The van der Waals surface area contributed by atoms with Crippen molar-refractivity contribution in [3.8, 4) is 0 Å². The van der Waals surface area contributed by atoms with Crippen LogP contribution in [0.1, 0.15) is 95.9 Å². The van der Waals surface area contributed by atoms with Crippen molar-refractivity contribution in [1.82, 2.24) is 4.57 Å². The van der Waals surface area contributed by atoms with E-state index in [1.54, 1.807) is 7.11 Å². The van der Waals surface area contributed by atoms with E-state index in [9.17, 15) is 9.59 Å². The summed E-state index contributed by atoms with van der Waals surface area (Å²) < 4.78 is 21.5. The first kappa shape index (κ1) is 40.7. The predicted octanol–water partition coefficient (Wildman–Crippen LogP) is 9.56. The van der Waals surface area contributed by atoms with Crippen molar-refractivity contribution in [3.63, 3.8) is 0 Å². The largest absolute Gasteiger partial charge is 0.518 e. The fourth-order valence-corrected chi connectivity index (χ4v) is 21.0. The second-order valence-electron chi connectivity index (χ2n) is 15.7. The van der Waals surface area contributed by atoms with Crippen LogP contribution in [0.15, 0.2) is 0 Å². The highest BCUT2D eigenvalue weighted by Crippen LogP contribution is 2.44. The summed E-state index contributed by atoms with van der Waals surface area (Å²) in [5, 5.41) is 0. The van der Waals surface area contributed by atoms with Crippen molar-refractivity contribution < 1.29 is 22.9 Å². The third kappa shape index (κ3) is 10.4. The maximum atomic E-state index is 14.5. The number of carbonyl (C=O) groups is 2. The molecule has 0 aromatic heterocycles. The summed E-state index contributed by atoms with van der Waals surface area (Å²) in [7, 11) is -6.92. The maximum Gasteiger partial charge on any atom is 0.310 e. The van der Waals surface area contributed by atoms with Gasteiger partial charge in [-0.3, -0.25) is 9.59 Å². The first-order chi connectivity index (χ1) is 18.4. The van der Waals surface area contributed by atoms with Gasteiger partial charge in [-0.1, -0.05) is 103 Å². The summed E-state index contributed by atoms with van der Waals surface area (Å²) in [5.41, 5.74) is 1.68. The molecule has 244 valence electrons. The molecule has 0 aliphatic heterocycles. The van der Waals surface area contributed by atoms with E-state index in [0.29, 0.717) is 0 Å². The Morgan fingerprint density at radius 1 is 0.634 bits per heavy atom. The van der Waals surface area contributed by atoms with Gasteiger partial charge in [0.25, 0.3) is 22.6 Å². The first-order valence-corrected chi connectivity index (χ1v) is 27.0. The van der Waals surface area contributed by atoms with Gasteiger partial charge in [0.1, 0.15) is 14.3 Å². The SMILES string of the molecule is CO[Si](C)(C)CCCN(C(CC(=O)O[Si](C(C)C)(C(C)C)C(C)C)C(=O)O[Si](C(C)C)(C(C)C)C(C)C)[Si](C)(C)C. The van der Waals surface area contributed by atoms with Gasteiger partial charge in [0.05, 0.1) is 6.42 Å². The Kier molecular flexibility index (Phi) is 16.0. The Hall–Kier alpha value is -0.272. The third-order valence-electron chi connectivity index (χ3n) is 9.58. The van der Waals surface area contributed by atoms with Crippen LogP contribution in [0.25, 0.3) is 0 Å². The molecular weight excluding hydrogens is 579 g/mol. The Bertz CT molecular complexity index is 778. The average Bonchev–Trinajstić information content (AvgIpc) is 2.80. The molecule has 0 aliphatic rings. The van der Waals surface area contributed by atoms with Crippen LogP contribution in [0, 0.1) is 0 Å². The van der Waals surface area contributed by atoms with Gasteiger partial charge in [0.2, 0.25) is 0 Å². The number of carbonyl (C=O) groups excluding carboxylic acids is 2. The summed E-state index contributed by atoms with van der Waals surface area (Å²) >= 11 is 0. The molecule has 0 N–H and O–H groups in total. The predicted molar refractivity (Wildman–Crippen MR) is 187 cm³/mol. The van der Waals surface area contributed by atoms with Gasteiger partial charge < -0.3 is 17.8 Å². The van der Waals surface area contributed by atoms with Gasteiger partial charge in [-0.15, -0.1) is 0 Å². The molecule has 0 fully saturated rings. The summed E-state index contributed by atoms with van der Waals surface area (Å²) in [6, 6.07) is 0.367. The van der Waals surface area contributed by atoms with Gasteiger partial charge in [0, 0.05) is 7.11 Å². The molecule has 0 radical (unpaired) electrons. The standard InChI is InChI=1S/C31H69NO5Si4/c1-23(2)40(24(3)4,25(5)6)36-30(33)22-29(31(34)37-41(26(7)8,27(9)10)28(11)12)32(38(14,15)16)20-19-21-39(17,18)35-13/h23-29H,19-22H2,1-18H3. The molecule has 0 aromatic rings. The van der Waals surface area contributed by atoms with Gasteiger partial charge in [-0.25, -0.2) is 0 Å². The van der Waals surface area contributed by atoms with E-state index < -0.39 is 39.2 Å². The lowest BCUT2D eigenvalue weighted by molar-refractivity contribution is -0.146. The highest BCUT2D eigenvalue weighted by atomic mass is 28.4.